The molecule has 1 aromatic heterocycles. The van der Waals surface area contributed by atoms with E-state index >= 15 is 0 Å². The Labute approximate surface area is 120 Å². The van der Waals surface area contributed by atoms with Crippen LogP contribution in [0.25, 0.3) is 0 Å². The van der Waals surface area contributed by atoms with Gasteiger partial charge in [-0.25, -0.2) is 0 Å². The molecule has 20 heavy (non-hydrogen) atoms. The van der Waals surface area contributed by atoms with Crippen LogP contribution in [0.3, 0.4) is 0 Å². The van der Waals surface area contributed by atoms with Crippen molar-refractivity contribution < 1.29 is 4.92 Å². The fourth-order valence-corrected chi connectivity index (χ4v) is 2.82. The Hall–Kier alpha value is -2.12. The molecule has 4 N–H and O–H groups in total. The Balaban J connectivity index is 2.16. The number of hydrogen-bond donors (Lipinski definition) is 3. The van der Waals surface area contributed by atoms with E-state index in [0.29, 0.717) is 17.9 Å². The summed E-state index contributed by atoms with van der Waals surface area (Å²) in [6.07, 6.45) is 0. The van der Waals surface area contributed by atoms with Gasteiger partial charge in [0.1, 0.15) is 0 Å². The predicted octanol–water partition coefficient (Wildman–Crippen LogP) is 3.17. The Morgan fingerprint density at radius 3 is 2.50 bits per heavy atom. The van der Waals surface area contributed by atoms with E-state index in [1.807, 2.05) is 0 Å². The van der Waals surface area contributed by atoms with E-state index in [0.717, 1.165) is 0 Å². The number of nitro groups is 1. The fourth-order valence-electron chi connectivity index (χ4n) is 1.83. The normalized spacial score (nSPS) is 10.3. The van der Waals surface area contributed by atoms with Gasteiger partial charge in [-0.2, -0.15) is 0 Å². The van der Waals surface area contributed by atoms with Gasteiger partial charge in [-0.1, -0.05) is 0 Å². The van der Waals surface area contributed by atoms with Crippen LogP contribution in [0.4, 0.5) is 17.1 Å². The molecule has 106 valence electrons. The average molecular weight is 292 g/mol. The molecule has 1 heterocycles. The van der Waals surface area contributed by atoms with Crippen LogP contribution in [0, 0.1) is 24.0 Å². The van der Waals surface area contributed by atoms with Crippen LogP contribution in [0.15, 0.2) is 24.3 Å². The van der Waals surface area contributed by atoms with Gasteiger partial charge in [-0.3, -0.25) is 16.0 Å². The molecular weight excluding hydrogens is 276 g/mol. The van der Waals surface area contributed by atoms with Crippen molar-refractivity contribution >= 4 is 28.4 Å². The third kappa shape index (κ3) is 3.25. The largest absolute Gasteiger partial charge is 0.380 e. The summed E-state index contributed by atoms with van der Waals surface area (Å²) in [7, 11) is 0. The number of benzene rings is 1. The maximum atomic E-state index is 10.9. The predicted molar refractivity (Wildman–Crippen MR) is 82.0 cm³/mol. The van der Waals surface area contributed by atoms with Gasteiger partial charge in [0.2, 0.25) is 0 Å². The van der Waals surface area contributed by atoms with Gasteiger partial charge in [-0.15, -0.1) is 11.3 Å². The van der Waals surface area contributed by atoms with Crippen LogP contribution in [0.2, 0.25) is 0 Å². The lowest BCUT2D eigenvalue weighted by Gasteiger charge is -2.07. The minimum atomic E-state index is -0.439. The summed E-state index contributed by atoms with van der Waals surface area (Å²) in [5.74, 6) is 5.32. The number of nitrogens with one attached hydrogen (secondary N) is 2. The van der Waals surface area contributed by atoms with Crippen molar-refractivity contribution in [3.8, 4) is 0 Å². The van der Waals surface area contributed by atoms with E-state index < -0.39 is 4.92 Å². The van der Waals surface area contributed by atoms with E-state index in [9.17, 15) is 10.1 Å². The maximum absolute atomic E-state index is 10.9. The van der Waals surface area contributed by atoms with Crippen molar-refractivity contribution in [3.05, 3.63) is 49.7 Å². The van der Waals surface area contributed by atoms with Gasteiger partial charge in [0.25, 0.3) is 5.69 Å². The lowest BCUT2D eigenvalue weighted by atomic mass is 10.2. The topological polar surface area (TPSA) is 93.2 Å². The number of nitrogen functional groups attached to an aromatic ring is 1. The van der Waals surface area contributed by atoms with Crippen LogP contribution >= 0.6 is 11.3 Å². The molecule has 0 atom stereocenters. The van der Waals surface area contributed by atoms with Crippen molar-refractivity contribution in [2.24, 2.45) is 5.84 Å². The van der Waals surface area contributed by atoms with Crippen molar-refractivity contribution in [1.82, 2.24) is 0 Å². The van der Waals surface area contributed by atoms with Crippen molar-refractivity contribution in [3.63, 3.8) is 0 Å². The Kier molecular flexibility index (Phi) is 4.21. The number of anilines is 2. The first-order chi connectivity index (χ1) is 9.49. The summed E-state index contributed by atoms with van der Waals surface area (Å²) < 4.78 is 0. The van der Waals surface area contributed by atoms with Gasteiger partial charge in [0.05, 0.1) is 10.6 Å². The van der Waals surface area contributed by atoms with Gasteiger partial charge < -0.3 is 10.7 Å². The lowest BCUT2D eigenvalue weighted by molar-refractivity contribution is -0.384. The maximum Gasteiger partial charge on any atom is 0.273 e. The van der Waals surface area contributed by atoms with Gasteiger partial charge >= 0.3 is 0 Å². The Bertz CT molecular complexity index is 620. The van der Waals surface area contributed by atoms with E-state index in [2.05, 4.69) is 30.7 Å². The second-order valence-electron chi connectivity index (χ2n) is 4.48. The number of hydrazine groups is 1. The molecule has 0 aliphatic heterocycles. The summed E-state index contributed by atoms with van der Waals surface area (Å²) in [6.45, 7) is 4.77. The standard InChI is InChI=1S/C13H16N4O2S/c1-8-3-13(20-9(8)2)7-15-10-4-11(16-14)6-12(5-10)17(18)19/h3-6,15-16H,7,14H2,1-2H3. The van der Waals surface area contributed by atoms with E-state index in [1.54, 1.807) is 17.4 Å². The molecule has 0 unspecified atom stereocenters. The molecular formula is C13H16N4O2S. The first-order valence-corrected chi connectivity index (χ1v) is 6.87. The number of nitro benzene ring substituents is 1. The highest BCUT2D eigenvalue weighted by Crippen LogP contribution is 2.26. The third-order valence-electron chi connectivity index (χ3n) is 2.98. The zero-order valence-electron chi connectivity index (χ0n) is 11.3. The summed E-state index contributed by atoms with van der Waals surface area (Å²) in [5, 5.41) is 14.0. The number of rotatable bonds is 5. The second-order valence-corrected chi connectivity index (χ2v) is 5.82. The minimum Gasteiger partial charge on any atom is -0.380 e. The summed E-state index contributed by atoms with van der Waals surface area (Å²) in [4.78, 5) is 12.9. The second kappa shape index (κ2) is 5.89. The van der Waals surface area contributed by atoms with Gasteiger partial charge in [0, 0.05) is 34.1 Å². The van der Waals surface area contributed by atoms with E-state index in [4.69, 9.17) is 5.84 Å². The smallest absolute Gasteiger partial charge is 0.273 e. The van der Waals surface area contributed by atoms with E-state index in [-0.39, 0.29) is 5.69 Å². The summed E-state index contributed by atoms with van der Waals surface area (Å²) >= 11 is 1.72. The lowest BCUT2D eigenvalue weighted by Crippen LogP contribution is -2.08. The highest BCUT2D eigenvalue weighted by atomic mass is 32.1. The van der Waals surface area contributed by atoms with Gasteiger partial charge in [-0.05, 0) is 31.5 Å². The summed E-state index contributed by atoms with van der Waals surface area (Å²) in [6, 6.07) is 6.74. The molecule has 0 saturated carbocycles. The molecule has 2 rings (SSSR count). The number of aryl methyl sites for hydroxylation is 2. The zero-order chi connectivity index (χ0) is 14.7. The van der Waals surface area contributed by atoms with Crippen LogP contribution < -0.4 is 16.6 Å². The van der Waals surface area contributed by atoms with Gasteiger partial charge in [0.15, 0.2) is 0 Å². The molecule has 0 aliphatic rings. The minimum absolute atomic E-state index is 0.00138. The highest BCUT2D eigenvalue weighted by molar-refractivity contribution is 7.12. The number of non-ortho nitro benzene ring substituents is 1. The van der Waals surface area contributed by atoms with Crippen molar-refractivity contribution in [1.29, 1.82) is 0 Å². The molecule has 6 nitrogen and oxygen atoms in total. The average Bonchev–Trinajstić information content (AvgIpc) is 2.75. The molecule has 2 aromatic rings. The first-order valence-electron chi connectivity index (χ1n) is 6.05. The van der Waals surface area contributed by atoms with Crippen molar-refractivity contribution in [2.45, 2.75) is 20.4 Å². The number of hydrogen-bond acceptors (Lipinski definition) is 6. The zero-order valence-corrected chi connectivity index (χ0v) is 12.1. The van der Waals surface area contributed by atoms with Crippen LogP contribution in [-0.4, -0.2) is 4.92 Å². The third-order valence-corrected chi connectivity index (χ3v) is 4.13. The molecule has 7 heteroatoms. The first kappa shape index (κ1) is 14.3. The molecule has 1 aromatic carbocycles. The van der Waals surface area contributed by atoms with Crippen LogP contribution in [-0.2, 0) is 6.54 Å². The van der Waals surface area contributed by atoms with Crippen LogP contribution in [0.1, 0.15) is 15.3 Å². The molecule has 0 saturated heterocycles. The SMILES string of the molecule is Cc1cc(CNc2cc(NN)cc([N+](=O)[O-])c2)sc1C. The number of thiophene rings is 1. The molecule has 0 spiro atoms. The number of nitrogens with two attached hydrogens (primary N) is 1. The monoisotopic (exact) mass is 292 g/mol. The van der Waals surface area contributed by atoms with Crippen LogP contribution in [0.5, 0.6) is 0 Å². The summed E-state index contributed by atoms with van der Waals surface area (Å²) in [5.41, 5.74) is 4.86. The fraction of sp³-hybridized carbons (Fsp3) is 0.231. The van der Waals surface area contributed by atoms with E-state index in [1.165, 1.54) is 27.5 Å². The Morgan fingerprint density at radius 2 is 1.95 bits per heavy atom. The molecule has 0 radical (unpaired) electrons. The molecule has 0 fully saturated rings. The number of nitrogens with zero attached hydrogens (tertiary/aromatic N) is 1. The molecule has 0 amide bonds. The van der Waals surface area contributed by atoms with Crippen molar-refractivity contribution in [2.75, 3.05) is 10.7 Å². The Morgan fingerprint density at radius 1 is 1.25 bits per heavy atom. The highest BCUT2D eigenvalue weighted by Gasteiger charge is 2.09. The molecule has 0 bridgehead atoms. The quantitative estimate of drug-likeness (QED) is 0.447. The molecule has 0 aliphatic carbocycles.